The van der Waals surface area contributed by atoms with Crippen LogP contribution in [0.2, 0.25) is 0 Å². The third-order valence-corrected chi connectivity index (χ3v) is 4.06. The van der Waals surface area contributed by atoms with Crippen LogP contribution in [0.1, 0.15) is 11.1 Å². The molecule has 3 amide bonds. The van der Waals surface area contributed by atoms with Gasteiger partial charge in [-0.1, -0.05) is 23.9 Å². The number of rotatable bonds is 4. The summed E-state index contributed by atoms with van der Waals surface area (Å²) in [5.41, 5.74) is 2.68. The molecule has 0 saturated heterocycles. The summed E-state index contributed by atoms with van der Waals surface area (Å²) in [6.45, 7) is 3.84. The fourth-order valence-electron chi connectivity index (χ4n) is 1.81. The molecule has 0 aliphatic rings. The van der Waals surface area contributed by atoms with Gasteiger partial charge in [-0.3, -0.25) is 10.1 Å². The van der Waals surface area contributed by atoms with E-state index in [4.69, 9.17) is 0 Å². The fourth-order valence-corrected chi connectivity index (χ4v) is 2.54. The molecule has 6 nitrogen and oxygen atoms in total. The summed E-state index contributed by atoms with van der Waals surface area (Å²) >= 11 is 1.28. The number of aromatic nitrogens is 2. The van der Waals surface area contributed by atoms with Crippen molar-refractivity contribution in [3.05, 3.63) is 41.7 Å². The quantitative estimate of drug-likeness (QED) is 0.849. The lowest BCUT2D eigenvalue weighted by Gasteiger charge is -2.10. The standard InChI is InChI=1S/C15H18N4O2S/c1-10-4-5-11(2)12(8-10)17-14(21)18-13(20)9-22-15-16-6-7-19(15)3/h4-8H,9H2,1-3H3,(H2,17,18,20,21). The van der Waals surface area contributed by atoms with Crippen molar-refractivity contribution in [3.8, 4) is 0 Å². The first-order valence-electron chi connectivity index (χ1n) is 6.74. The number of hydrogen-bond acceptors (Lipinski definition) is 4. The molecule has 0 bridgehead atoms. The van der Waals surface area contributed by atoms with Gasteiger partial charge in [0.1, 0.15) is 0 Å². The summed E-state index contributed by atoms with van der Waals surface area (Å²) in [5.74, 6) is -0.235. The van der Waals surface area contributed by atoms with Crippen molar-refractivity contribution in [1.82, 2.24) is 14.9 Å². The summed E-state index contributed by atoms with van der Waals surface area (Å²) in [6, 6.07) is 5.22. The van der Waals surface area contributed by atoms with E-state index in [0.717, 1.165) is 16.3 Å². The number of thioether (sulfide) groups is 1. The second kappa shape index (κ2) is 7.13. The number of hydrogen-bond donors (Lipinski definition) is 2. The van der Waals surface area contributed by atoms with Gasteiger partial charge in [-0.05, 0) is 31.0 Å². The molecule has 0 fully saturated rings. The maximum atomic E-state index is 11.8. The SMILES string of the molecule is Cc1ccc(C)c(NC(=O)NC(=O)CSc2nccn2C)c1. The lowest BCUT2D eigenvalue weighted by molar-refractivity contribution is -0.117. The molecule has 0 spiro atoms. The molecule has 2 aromatic rings. The number of carbonyl (C=O) groups excluding carboxylic acids is 2. The van der Waals surface area contributed by atoms with E-state index >= 15 is 0 Å². The van der Waals surface area contributed by atoms with E-state index in [-0.39, 0.29) is 11.7 Å². The smallest absolute Gasteiger partial charge is 0.325 e. The van der Waals surface area contributed by atoms with E-state index in [1.54, 1.807) is 12.4 Å². The molecule has 116 valence electrons. The lowest BCUT2D eigenvalue weighted by atomic mass is 10.1. The van der Waals surface area contributed by atoms with Gasteiger partial charge >= 0.3 is 6.03 Å². The Morgan fingerprint density at radius 3 is 2.77 bits per heavy atom. The van der Waals surface area contributed by atoms with E-state index < -0.39 is 6.03 Å². The molecule has 22 heavy (non-hydrogen) atoms. The zero-order valence-electron chi connectivity index (χ0n) is 12.7. The fraction of sp³-hybridized carbons (Fsp3) is 0.267. The van der Waals surface area contributed by atoms with Gasteiger partial charge in [0.15, 0.2) is 5.16 Å². The molecule has 0 aliphatic heterocycles. The lowest BCUT2D eigenvalue weighted by Crippen LogP contribution is -2.35. The summed E-state index contributed by atoms with van der Waals surface area (Å²) in [4.78, 5) is 27.7. The maximum absolute atomic E-state index is 11.8. The van der Waals surface area contributed by atoms with E-state index in [1.165, 1.54) is 11.8 Å². The number of imidazole rings is 1. The Labute approximate surface area is 133 Å². The van der Waals surface area contributed by atoms with Crippen molar-refractivity contribution in [2.75, 3.05) is 11.1 Å². The minimum absolute atomic E-state index is 0.130. The normalized spacial score (nSPS) is 10.3. The molecule has 0 unspecified atom stereocenters. The van der Waals surface area contributed by atoms with Crippen LogP contribution in [-0.2, 0) is 11.8 Å². The Morgan fingerprint density at radius 2 is 2.09 bits per heavy atom. The summed E-state index contributed by atoms with van der Waals surface area (Å²) in [6.07, 6.45) is 3.46. The zero-order chi connectivity index (χ0) is 16.1. The Hall–Kier alpha value is -2.28. The molecule has 0 atom stereocenters. The highest BCUT2D eigenvalue weighted by Crippen LogP contribution is 2.16. The number of aryl methyl sites for hydroxylation is 3. The highest BCUT2D eigenvalue weighted by atomic mass is 32.2. The van der Waals surface area contributed by atoms with Crippen LogP contribution in [0.5, 0.6) is 0 Å². The summed E-state index contributed by atoms with van der Waals surface area (Å²) in [7, 11) is 1.85. The number of nitrogens with one attached hydrogen (secondary N) is 2. The second-order valence-corrected chi connectivity index (χ2v) is 5.87. The number of benzene rings is 1. The Balaban J connectivity index is 1.85. The van der Waals surface area contributed by atoms with E-state index in [2.05, 4.69) is 15.6 Å². The van der Waals surface area contributed by atoms with Crippen LogP contribution in [0.25, 0.3) is 0 Å². The van der Waals surface area contributed by atoms with Gasteiger partial charge in [-0.2, -0.15) is 0 Å². The third kappa shape index (κ3) is 4.36. The Kier molecular flexibility index (Phi) is 5.21. The van der Waals surface area contributed by atoms with Crippen LogP contribution in [0.3, 0.4) is 0 Å². The first kappa shape index (κ1) is 16.1. The number of nitrogens with zero attached hydrogens (tertiary/aromatic N) is 2. The molecule has 0 radical (unpaired) electrons. The van der Waals surface area contributed by atoms with Crippen LogP contribution in [0, 0.1) is 13.8 Å². The van der Waals surface area contributed by atoms with Gasteiger partial charge in [-0.15, -0.1) is 0 Å². The van der Waals surface area contributed by atoms with Crippen molar-refractivity contribution < 1.29 is 9.59 Å². The number of urea groups is 1. The van der Waals surface area contributed by atoms with Gasteiger partial charge < -0.3 is 9.88 Å². The summed E-state index contributed by atoms with van der Waals surface area (Å²) in [5, 5.41) is 5.72. The van der Waals surface area contributed by atoms with Crippen molar-refractivity contribution in [1.29, 1.82) is 0 Å². The first-order valence-corrected chi connectivity index (χ1v) is 7.72. The molecule has 7 heteroatoms. The molecule has 2 rings (SSSR count). The van der Waals surface area contributed by atoms with E-state index in [1.807, 2.05) is 43.7 Å². The maximum Gasteiger partial charge on any atom is 0.325 e. The van der Waals surface area contributed by atoms with Gasteiger partial charge in [0.2, 0.25) is 5.91 Å². The molecule has 0 saturated carbocycles. The van der Waals surface area contributed by atoms with Crippen LogP contribution < -0.4 is 10.6 Å². The molecule has 1 aromatic carbocycles. The number of anilines is 1. The summed E-state index contributed by atoms with van der Waals surface area (Å²) < 4.78 is 1.81. The van der Waals surface area contributed by atoms with Crippen molar-refractivity contribution >= 4 is 29.4 Å². The average Bonchev–Trinajstić information content (AvgIpc) is 2.86. The average molecular weight is 318 g/mol. The largest absolute Gasteiger partial charge is 0.329 e. The zero-order valence-corrected chi connectivity index (χ0v) is 13.5. The predicted octanol–water partition coefficient (Wildman–Crippen LogP) is 2.48. The monoisotopic (exact) mass is 318 g/mol. The van der Waals surface area contributed by atoms with Crippen molar-refractivity contribution in [3.63, 3.8) is 0 Å². The topological polar surface area (TPSA) is 76.0 Å². The molecule has 1 aromatic heterocycles. The van der Waals surface area contributed by atoms with Gasteiger partial charge in [0, 0.05) is 25.1 Å². The number of carbonyl (C=O) groups is 2. The van der Waals surface area contributed by atoms with Crippen LogP contribution in [0.15, 0.2) is 35.7 Å². The second-order valence-electron chi connectivity index (χ2n) is 4.93. The molecular weight excluding hydrogens is 300 g/mol. The third-order valence-electron chi connectivity index (χ3n) is 3.00. The number of amides is 3. The highest BCUT2D eigenvalue weighted by molar-refractivity contribution is 7.99. The van der Waals surface area contributed by atoms with Crippen LogP contribution in [-0.4, -0.2) is 27.2 Å². The van der Waals surface area contributed by atoms with Gasteiger partial charge in [0.05, 0.1) is 5.75 Å². The highest BCUT2D eigenvalue weighted by Gasteiger charge is 2.11. The minimum atomic E-state index is -0.529. The number of imide groups is 1. The van der Waals surface area contributed by atoms with Gasteiger partial charge in [0.25, 0.3) is 0 Å². The Morgan fingerprint density at radius 1 is 1.32 bits per heavy atom. The molecule has 1 heterocycles. The predicted molar refractivity (Wildman–Crippen MR) is 87.0 cm³/mol. The molecule has 2 N–H and O–H groups in total. The van der Waals surface area contributed by atoms with E-state index in [0.29, 0.717) is 5.69 Å². The van der Waals surface area contributed by atoms with Crippen LogP contribution >= 0.6 is 11.8 Å². The molecular formula is C15H18N4O2S. The van der Waals surface area contributed by atoms with Gasteiger partial charge in [-0.25, -0.2) is 9.78 Å². The van der Waals surface area contributed by atoms with Crippen molar-refractivity contribution in [2.45, 2.75) is 19.0 Å². The van der Waals surface area contributed by atoms with E-state index in [9.17, 15) is 9.59 Å². The minimum Gasteiger partial charge on any atom is -0.329 e. The first-order chi connectivity index (χ1) is 10.5. The molecule has 0 aliphatic carbocycles. The van der Waals surface area contributed by atoms with Crippen molar-refractivity contribution in [2.24, 2.45) is 7.05 Å². The van der Waals surface area contributed by atoms with Crippen LogP contribution in [0.4, 0.5) is 10.5 Å². The Bertz CT molecular complexity index is 697.